The van der Waals surface area contributed by atoms with Gasteiger partial charge in [0.15, 0.2) is 11.7 Å². The first-order chi connectivity index (χ1) is 12.2. The third-order valence-electron chi connectivity index (χ3n) is 4.43. The van der Waals surface area contributed by atoms with E-state index in [4.69, 9.17) is 4.52 Å². The second-order valence-electron chi connectivity index (χ2n) is 6.29. The molecule has 6 nitrogen and oxygen atoms in total. The van der Waals surface area contributed by atoms with Crippen LogP contribution in [0.25, 0.3) is 0 Å². The molecule has 0 spiro atoms. The SMILES string of the molecule is CCCN(CC)CCNC(=NCc1cc(C(CC)CC)no1)NCC.I. The van der Waals surface area contributed by atoms with E-state index in [1.54, 1.807) is 0 Å². The molecule has 0 atom stereocenters. The predicted molar refractivity (Wildman–Crippen MR) is 120 cm³/mol. The number of aliphatic imine (C=N–C) groups is 1. The van der Waals surface area contributed by atoms with Crippen LogP contribution in [0.1, 0.15) is 71.3 Å². The number of hydrogen-bond acceptors (Lipinski definition) is 4. The summed E-state index contributed by atoms with van der Waals surface area (Å²) >= 11 is 0. The Hall–Kier alpha value is -0.830. The van der Waals surface area contributed by atoms with E-state index in [1.165, 1.54) is 6.42 Å². The number of rotatable bonds is 12. The van der Waals surface area contributed by atoms with Crippen molar-refractivity contribution in [3.05, 3.63) is 17.5 Å². The first-order valence-electron chi connectivity index (χ1n) is 9.88. The highest BCUT2D eigenvalue weighted by Crippen LogP contribution is 2.22. The van der Waals surface area contributed by atoms with Crippen LogP contribution in [0.2, 0.25) is 0 Å². The summed E-state index contributed by atoms with van der Waals surface area (Å²) in [6.45, 7) is 16.4. The molecule has 0 saturated heterocycles. The summed E-state index contributed by atoms with van der Waals surface area (Å²) in [5.41, 5.74) is 1.05. The third-order valence-corrected chi connectivity index (χ3v) is 4.43. The zero-order chi connectivity index (χ0) is 18.5. The maximum atomic E-state index is 5.45. The van der Waals surface area contributed by atoms with Crippen molar-refractivity contribution in [1.82, 2.24) is 20.7 Å². The molecule has 0 fully saturated rings. The summed E-state index contributed by atoms with van der Waals surface area (Å²) in [5.74, 6) is 2.13. The van der Waals surface area contributed by atoms with Crippen LogP contribution in [-0.2, 0) is 6.54 Å². The second kappa shape index (κ2) is 15.2. The van der Waals surface area contributed by atoms with E-state index in [1.807, 2.05) is 6.07 Å². The van der Waals surface area contributed by atoms with E-state index < -0.39 is 0 Å². The van der Waals surface area contributed by atoms with E-state index in [-0.39, 0.29) is 24.0 Å². The lowest BCUT2D eigenvalue weighted by molar-refractivity contribution is 0.293. The third kappa shape index (κ3) is 9.21. The van der Waals surface area contributed by atoms with Crippen LogP contribution in [-0.4, -0.2) is 48.7 Å². The minimum Gasteiger partial charge on any atom is -0.359 e. The Morgan fingerprint density at radius 1 is 1.15 bits per heavy atom. The van der Waals surface area contributed by atoms with Gasteiger partial charge in [-0.1, -0.05) is 32.9 Å². The van der Waals surface area contributed by atoms with Gasteiger partial charge in [0.05, 0.1) is 5.69 Å². The Balaban J connectivity index is 0.00000625. The van der Waals surface area contributed by atoms with Crippen molar-refractivity contribution in [1.29, 1.82) is 0 Å². The first-order valence-corrected chi connectivity index (χ1v) is 9.88. The largest absolute Gasteiger partial charge is 0.359 e. The first kappa shape index (κ1) is 25.2. The normalized spacial score (nSPS) is 11.7. The van der Waals surface area contributed by atoms with Gasteiger partial charge in [-0.25, -0.2) is 4.99 Å². The molecule has 0 amide bonds. The molecule has 0 aliphatic heterocycles. The number of halogens is 1. The standard InChI is InChI=1S/C19H37N5O.HI/c1-6-12-24(10-5)13-11-21-19(20-9-4)22-15-17-14-18(23-25-17)16(7-2)8-3;/h14,16H,6-13,15H2,1-5H3,(H2,20,21,22);1H. The van der Waals surface area contributed by atoms with Crippen molar-refractivity contribution in [2.45, 2.75) is 66.3 Å². The minimum absolute atomic E-state index is 0. The number of guanidine groups is 1. The lowest BCUT2D eigenvalue weighted by atomic mass is 9.99. The molecule has 0 aliphatic rings. The molecule has 0 aromatic carbocycles. The molecule has 7 heteroatoms. The predicted octanol–water partition coefficient (Wildman–Crippen LogP) is 3.98. The maximum absolute atomic E-state index is 5.45. The van der Waals surface area contributed by atoms with E-state index in [9.17, 15) is 0 Å². The average Bonchev–Trinajstić information content (AvgIpc) is 3.08. The molecule has 1 heterocycles. The fourth-order valence-corrected chi connectivity index (χ4v) is 2.88. The number of aromatic nitrogens is 1. The van der Waals surface area contributed by atoms with Crippen LogP contribution in [0.15, 0.2) is 15.6 Å². The van der Waals surface area contributed by atoms with E-state index >= 15 is 0 Å². The van der Waals surface area contributed by atoms with E-state index in [2.05, 4.69) is 60.3 Å². The lowest BCUT2D eigenvalue weighted by Gasteiger charge is -2.20. The summed E-state index contributed by atoms with van der Waals surface area (Å²) in [6, 6.07) is 2.05. The lowest BCUT2D eigenvalue weighted by Crippen LogP contribution is -2.41. The van der Waals surface area contributed by atoms with Crippen molar-refractivity contribution < 1.29 is 4.52 Å². The van der Waals surface area contributed by atoms with Gasteiger partial charge < -0.3 is 20.1 Å². The van der Waals surface area contributed by atoms with Gasteiger partial charge in [0.2, 0.25) is 0 Å². The topological polar surface area (TPSA) is 65.7 Å². The van der Waals surface area contributed by atoms with Gasteiger partial charge in [-0.15, -0.1) is 24.0 Å². The monoisotopic (exact) mass is 479 g/mol. The van der Waals surface area contributed by atoms with Crippen LogP contribution in [0, 0.1) is 0 Å². The number of likely N-dealkylation sites (N-methyl/N-ethyl adjacent to an activating group) is 1. The second-order valence-corrected chi connectivity index (χ2v) is 6.29. The molecule has 2 N–H and O–H groups in total. The Bertz CT molecular complexity index is 488. The van der Waals surface area contributed by atoms with Crippen LogP contribution < -0.4 is 10.6 Å². The molecule has 0 aliphatic carbocycles. The summed E-state index contributed by atoms with van der Waals surface area (Å²) in [4.78, 5) is 7.06. The molecule has 152 valence electrons. The van der Waals surface area contributed by atoms with Crippen molar-refractivity contribution in [3.63, 3.8) is 0 Å². The Kier molecular flexibility index (Phi) is 14.8. The van der Waals surface area contributed by atoms with Crippen LogP contribution in [0.4, 0.5) is 0 Å². The molecule has 0 radical (unpaired) electrons. The smallest absolute Gasteiger partial charge is 0.191 e. The van der Waals surface area contributed by atoms with Gasteiger partial charge in [-0.3, -0.25) is 0 Å². The highest BCUT2D eigenvalue weighted by atomic mass is 127. The molecule has 0 saturated carbocycles. The number of hydrogen-bond donors (Lipinski definition) is 2. The molecule has 0 bridgehead atoms. The average molecular weight is 479 g/mol. The zero-order valence-electron chi connectivity index (χ0n) is 17.2. The highest BCUT2D eigenvalue weighted by molar-refractivity contribution is 14.0. The fourth-order valence-electron chi connectivity index (χ4n) is 2.88. The van der Waals surface area contributed by atoms with E-state index in [0.717, 1.165) is 63.0 Å². The Morgan fingerprint density at radius 3 is 2.46 bits per heavy atom. The molecule has 1 aromatic rings. The fraction of sp³-hybridized carbons (Fsp3) is 0.789. The summed E-state index contributed by atoms with van der Waals surface area (Å²) in [5, 5.41) is 10.9. The quantitative estimate of drug-likeness (QED) is 0.270. The molecule has 1 aromatic heterocycles. The summed E-state index contributed by atoms with van der Waals surface area (Å²) in [7, 11) is 0. The zero-order valence-corrected chi connectivity index (χ0v) is 19.5. The van der Waals surface area contributed by atoms with Gasteiger partial charge >= 0.3 is 0 Å². The van der Waals surface area contributed by atoms with Crippen molar-refractivity contribution in [2.24, 2.45) is 4.99 Å². The van der Waals surface area contributed by atoms with Crippen LogP contribution in [0.3, 0.4) is 0 Å². The van der Waals surface area contributed by atoms with Crippen molar-refractivity contribution >= 4 is 29.9 Å². The van der Waals surface area contributed by atoms with Crippen LogP contribution in [0.5, 0.6) is 0 Å². The highest BCUT2D eigenvalue weighted by Gasteiger charge is 2.12. The minimum atomic E-state index is 0. The summed E-state index contributed by atoms with van der Waals surface area (Å²) < 4.78 is 5.45. The Labute approximate surface area is 176 Å². The Morgan fingerprint density at radius 2 is 1.88 bits per heavy atom. The van der Waals surface area contributed by atoms with Crippen LogP contribution >= 0.6 is 24.0 Å². The number of nitrogens with one attached hydrogen (secondary N) is 2. The van der Waals surface area contributed by atoms with Crippen molar-refractivity contribution in [3.8, 4) is 0 Å². The van der Waals surface area contributed by atoms with Gasteiger partial charge in [-0.2, -0.15) is 0 Å². The van der Waals surface area contributed by atoms with Gasteiger partial charge in [0, 0.05) is 31.6 Å². The number of nitrogens with zero attached hydrogens (tertiary/aromatic N) is 3. The van der Waals surface area contributed by atoms with E-state index in [0.29, 0.717) is 12.5 Å². The van der Waals surface area contributed by atoms with Gasteiger partial charge in [0.1, 0.15) is 6.54 Å². The molecule has 1 rings (SSSR count). The maximum Gasteiger partial charge on any atom is 0.191 e. The summed E-state index contributed by atoms with van der Waals surface area (Å²) in [6.07, 6.45) is 3.36. The van der Waals surface area contributed by atoms with Gasteiger partial charge in [0.25, 0.3) is 0 Å². The van der Waals surface area contributed by atoms with Gasteiger partial charge in [-0.05, 0) is 39.3 Å². The van der Waals surface area contributed by atoms with Crippen molar-refractivity contribution in [2.75, 3.05) is 32.7 Å². The molecular weight excluding hydrogens is 441 g/mol. The molecule has 0 unspecified atom stereocenters. The molecule has 26 heavy (non-hydrogen) atoms. The molecular formula is C19H38IN5O.